The van der Waals surface area contributed by atoms with E-state index in [1.54, 1.807) is 13.8 Å². The van der Waals surface area contributed by atoms with Gasteiger partial charge in [-0.25, -0.2) is 0 Å². The summed E-state index contributed by atoms with van der Waals surface area (Å²) in [5.74, 6) is 0.0108. The largest absolute Gasteiger partial charge is 0.344 e. The van der Waals surface area contributed by atoms with Gasteiger partial charge in [0.25, 0.3) is 0 Å². The fraction of sp³-hybridized carbons (Fsp3) is 0.526. The van der Waals surface area contributed by atoms with Crippen LogP contribution in [-0.2, 0) is 18.4 Å². The molecular formula is C19H27O4P. The number of ketones is 1. The first-order valence-electron chi connectivity index (χ1n) is 8.72. The van der Waals surface area contributed by atoms with E-state index < -0.39 is 12.8 Å². The molecule has 0 aromatic heterocycles. The van der Waals surface area contributed by atoms with Crippen molar-refractivity contribution in [2.75, 3.05) is 13.2 Å². The normalized spacial score (nSPS) is 22.2. The molecule has 0 spiro atoms. The van der Waals surface area contributed by atoms with Crippen molar-refractivity contribution in [3.05, 3.63) is 42.0 Å². The van der Waals surface area contributed by atoms with Gasteiger partial charge in [-0.05, 0) is 38.7 Å². The van der Waals surface area contributed by atoms with Crippen LogP contribution in [0.5, 0.6) is 0 Å². The quantitative estimate of drug-likeness (QED) is 0.602. The minimum atomic E-state index is -3.50. The summed E-state index contributed by atoms with van der Waals surface area (Å²) < 4.78 is 24.6. The lowest BCUT2D eigenvalue weighted by Crippen LogP contribution is -2.42. The van der Waals surface area contributed by atoms with E-state index in [-0.39, 0.29) is 19.0 Å². The molecule has 0 heterocycles. The molecule has 1 unspecified atom stereocenters. The van der Waals surface area contributed by atoms with Crippen molar-refractivity contribution in [3.8, 4) is 0 Å². The van der Waals surface area contributed by atoms with Gasteiger partial charge in [-0.3, -0.25) is 9.36 Å². The first-order valence-corrected chi connectivity index (χ1v) is 10.3. The van der Waals surface area contributed by atoms with Gasteiger partial charge in [-0.1, -0.05) is 48.9 Å². The second-order valence-corrected chi connectivity index (χ2v) is 8.38. The summed E-state index contributed by atoms with van der Waals surface area (Å²) >= 11 is 0. The minimum Gasteiger partial charge on any atom is -0.308 e. The van der Waals surface area contributed by atoms with Gasteiger partial charge >= 0.3 is 7.60 Å². The lowest BCUT2D eigenvalue weighted by molar-refractivity contribution is -0.123. The topological polar surface area (TPSA) is 52.6 Å². The molecule has 0 bridgehead atoms. The third-order valence-corrected chi connectivity index (χ3v) is 7.35. The molecule has 0 radical (unpaired) electrons. The Bertz CT molecular complexity index is 601. The highest BCUT2D eigenvalue weighted by molar-refractivity contribution is 7.56. The van der Waals surface area contributed by atoms with Crippen LogP contribution in [0.25, 0.3) is 6.08 Å². The maximum Gasteiger partial charge on any atom is 0.344 e. The first-order chi connectivity index (χ1) is 11.6. The monoisotopic (exact) mass is 350 g/mol. The lowest BCUT2D eigenvalue weighted by atomic mass is 9.84. The van der Waals surface area contributed by atoms with E-state index in [1.165, 1.54) is 0 Å². The van der Waals surface area contributed by atoms with E-state index in [9.17, 15) is 9.36 Å². The number of allylic oxidation sites excluding steroid dienone is 1. The van der Waals surface area contributed by atoms with Crippen LogP contribution in [-0.4, -0.2) is 24.2 Å². The predicted molar refractivity (Wildman–Crippen MR) is 97.2 cm³/mol. The Morgan fingerprint density at radius 1 is 1.12 bits per heavy atom. The van der Waals surface area contributed by atoms with E-state index in [0.29, 0.717) is 19.3 Å². The van der Waals surface area contributed by atoms with Crippen LogP contribution in [0.1, 0.15) is 51.5 Å². The van der Waals surface area contributed by atoms with Crippen molar-refractivity contribution in [1.82, 2.24) is 0 Å². The average molecular weight is 350 g/mol. The Morgan fingerprint density at radius 3 is 2.38 bits per heavy atom. The Balaban J connectivity index is 2.31. The summed E-state index contributed by atoms with van der Waals surface area (Å²) in [5.41, 5.74) is 1.05. The molecule has 1 aliphatic rings. The maximum atomic E-state index is 13.4. The third kappa shape index (κ3) is 4.05. The number of carbonyl (C=O) groups excluding carboxylic acids is 1. The van der Waals surface area contributed by atoms with E-state index >= 15 is 0 Å². The maximum absolute atomic E-state index is 13.4. The highest BCUT2D eigenvalue weighted by Crippen LogP contribution is 2.65. The highest BCUT2D eigenvalue weighted by Gasteiger charge is 2.55. The lowest BCUT2D eigenvalue weighted by Gasteiger charge is -2.39. The molecule has 132 valence electrons. The summed E-state index contributed by atoms with van der Waals surface area (Å²) in [6.07, 6.45) is 7.01. The van der Waals surface area contributed by atoms with Crippen LogP contribution in [0.2, 0.25) is 0 Å². The minimum absolute atomic E-state index is 0.0108. The Labute approximate surface area is 144 Å². The van der Waals surface area contributed by atoms with Crippen molar-refractivity contribution in [3.63, 3.8) is 0 Å². The molecule has 4 nitrogen and oxygen atoms in total. The summed E-state index contributed by atoms with van der Waals surface area (Å²) in [6, 6.07) is 9.88. The van der Waals surface area contributed by atoms with E-state index in [0.717, 1.165) is 18.4 Å². The van der Waals surface area contributed by atoms with Gasteiger partial charge in [-0.15, -0.1) is 0 Å². The van der Waals surface area contributed by atoms with Crippen molar-refractivity contribution in [1.29, 1.82) is 0 Å². The smallest absolute Gasteiger partial charge is 0.308 e. The van der Waals surface area contributed by atoms with Crippen LogP contribution in [0.3, 0.4) is 0 Å². The zero-order chi connectivity index (χ0) is 17.5. The second-order valence-electron chi connectivity index (χ2n) is 6.01. The van der Waals surface area contributed by atoms with Crippen molar-refractivity contribution in [2.24, 2.45) is 0 Å². The van der Waals surface area contributed by atoms with E-state index in [2.05, 4.69) is 0 Å². The second kappa shape index (κ2) is 8.75. The molecule has 0 saturated heterocycles. The van der Waals surface area contributed by atoms with Crippen LogP contribution in [0.4, 0.5) is 0 Å². The fourth-order valence-electron chi connectivity index (χ4n) is 3.27. The number of hydrogen-bond acceptors (Lipinski definition) is 4. The van der Waals surface area contributed by atoms with Gasteiger partial charge in [0.1, 0.15) is 5.16 Å². The zero-order valence-corrected chi connectivity index (χ0v) is 15.5. The van der Waals surface area contributed by atoms with Crippen molar-refractivity contribution in [2.45, 2.75) is 51.1 Å². The molecule has 2 rings (SSSR count). The summed E-state index contributed by atoms with van der Waals surface area (Å²) in [4.78, 5) is 12.8. The molecule has 0 amide bonds. The highest BCUT2D eigenvalue weighted by atomic mass is 31.2. The molecular weight excluding hydrogens is 323 g/mol. The first kappa shape index (κ1) is 19.1. The zero-order valence-electron chi connectivity index (χ0n) is 14.6. The molecule has 0 N–H and O–H groups in total. The molecule has 24 heavy (non-hydrogen) atoms. The van der Waals surface area contributed by atoms with Crippen LogP contribution in [0, 0.1) is 0 Å². The van der Waals surface area contributed by atoms with Crippen molar-refractivity contribution < 1.29 is 18.4 Å². The number of hydrogen-bond donors (Lipinski definition) is 0. The molecule has 5 heteroatoms. The summed E-state index contributed by atoms with van der Waals surface area (Å²) in [6.45, 7) is 4.11. The SMILES string of the molecule is CCOP(=O)(OCC)C1(C/C=C/c2ccccc2)CCCCC1=O. The average Bonchev–Trinajstić information content (AvgIpc) is 2.58. The van der Waals surface area contributed by atoms with Crippen LogP contribution < -0.4 is 0 Å². The molecule has 0 aliphatic heterocycles. The third-order valence-electron chi connectivity index (χ3n) is 4.45. The van der Waals surface area contributed by atoms with Gasteiger partial charge in [0.2, 0.25) is 0 Å². The summed E-state index contributed by atoms with van der Waals surface area (Å²) in [5, 5.41) is -1.04. The molecule has 1 aromatic rings. The summed E-state index contributed by atoms with van der Waals surface area (Å²) in [7, 11) is -3.50. The predicted octanol–water partition coefficient (Wildman–Crippen LogP) is 5.24. The Morgan fingerprint density at radius 2 is 1.79 bits per heavy atom. The molecule has 1 saturated carbocycles. The molecule has 1 aliphatic carbocycles. The van der Waals surface area contributed by atoms with E-state index in [1.807, 2.05) is 42.5 Å². The van der Waals surface area contributed by atoms with Gasteiger partial charge in [0.05, 0.1) is 13.2 Å². The number of carbonyl (C=O) groups is 1. The molecule has 1 fully saturated rings. The fourth-order valence-corrected chi connectivity index (χ4v) is 5.70. The Kier molecular flexibility index (Phi) is 6.97. The Hall–Kier alpha value is -1.22. The molecule has 1 aromatic carbocycles. The van der Waals surface area contributed by atoms with Gasteiger partial charge in [0, 0.05) is 6.42 Å². The van der Waals surface area contributed by atoms with Gasteiger partial charge in [0.15, 0.2) is 5.78 Å². The number of Topliss-reactive ketones (excluding diaryl/α,β-unsaturated/α-hetero) is 1. The number of rotatable bonds is 8. The van der Waals surface area contributed by atoms with Gasteiger partial charge < -0.3 is 9.05 Å². The van der Waals surface area contributed by atoms with Crippen LogP contribution in [0.15, 0.2) is 36.4 Å². The van der Waals surface area contributed by atoms with Crippen molar-refractivity contribution >= 4 is 19.5 Å². The van der Waals surface area contributed by atoms with E-state index in [4.69, 9.17) is 9.05 Å². The standard InChI is InChI=1S/C19H27O4P/c1-3-22-24(21,23-4-2)19(15-9-8-14-18(19)20)16-10-13-17-11-6-5-7-12-17/h5-7,10-13H,3-4,8-9,14-16H2,1-2H3/b13-10+. The van der Waals surface area contributed by atoms with Gasteiger partial charge in [-0.2, -0.15) is 0 Å². The number of benzene rings is 1. The van der Waals surface area contributed by atoms with Crippen LogP contribution >= 0.6 is 7.60 Å². The molecule has 1 atom stereocenters.